The van der Waals surface area contributed by atoms with Gasteiger partial charge in [0, 0.05) is 17.3 Å². The molecule has 0 radical (unpaired) electrons. The molecule has 2 heterocycles. The third-order valence-electron chi connectivity index (χ3n) is 6.02. The van der Waals surface area contributed by atoms with Crippen LogP contribution in [-0.2, 0) is 15.0 Å². The van der Waals surface area contributed by atoms with Crippen molar-refractivity contribution < 1.29 is 19.2 Å². The molecule has 26 heavy (non-hydrogen) atoms. The summed E-state index contributed by atoms with van der Waals surface area (Å²) in [6.07, 6.45) is 4.42. The summed E-state index contributed by atoms with van der Waals surface area (Å²) < 4.78 is 0. The highest BCUT2D eigenvalue weighted by Crippen LogP contribution is 2.63. The molecule has 130 valence electrons. The molecule has 4 aliphatic rings. The number of carbonyl (C=O) groups is 3. The number of nitrogens with zero attached hydrogens (tertiary/aromatic N) is 2. The van der Waals surface area contributed by atoms with Gasteiger partial charge in [-0.15, -0.1) is 0 Å². The predicted octanol–water partition coefficient (Wildman–Crippen LogP) is 2.50. The largest absolute Gasteiger partial charge is 0.337 e. The van der Waals surface area contributed by atoms with Crippen molar-refractivity contribution in [2.24, 2.45) is 11.8 Å². The van der Waals surface area contributed by atoms with Gasteiger partial charge in [-0.3, -0.25) is 14.6 Å². The Balaban J connectivity index is 1.41. The molecule has 1 aromatic heterocycles. The number of hydrogen-bond donors (Lipinski definition) is 0. The first kappa shape index (κ1) is 15.3. The topological polar surface area (TPSA) is 76.6 Å². The first-order chi connectivity index (χ1) is 12.6. The highest BCUT2D eigenvalue weighted by Gasteiger charge is 2.65. The second-order valence-corrected chi connectivity index (χ2v) is 7.21. The quantitative estimate of drug-likeness (QED) is 0.797. The second-order valence-electron chi connectivity index (χ2n) is 7.21. The van der Waals surface area contributed by atoms with Crippen LogP contribution in [0.4, 0.5) is 0 Å². The molecule has 6 heteroatoms. The molecular weight excluding hydrogens is 332 g/mol. The number of hydrogen-bond acceptors (Lipinski definition) is 5. The van der Waals surface area contributed by atoms with Gasteiger partial charge in [-0.2, -0.15) is 0 Å². The highest BCUT2D eigenvalue weighted by atomic mass is 16.7. The zero-order valence-electron chi connectivity index (χ0n) is 13.9. The number of carbonyl (C=O) groups excluding carboxylic acids is 3. The van der Waals surface area contributed by atoms with E-state index < -0.39 is 17.8 Å². The van der Waals surface area contributed by atoms with Crippen molar-refractivity contribution in [3.8, 4) is 0 Å². The molecule has 6 rings (SSSR count). The van der Waals surface area contributed by atoms with Crippen molar-refractivity contribution in [2.45, 2.75) is 24.7 Å². The van der Waals surface area contributed by atoms with Gasteiger partial charge in [-0.25, -0.2) is 4.79 Å². The van der Waals surface area contributed by atoms with Crippen LogP contribution in [0.25, 0.3) is 0 Å². The maximum absolute atomic E-state index is 12.9. The number of pyridine rings is 1. The summed E-state index contributed by atoms with van der Waals surface area (Å²) in [4.78, 5) is 47.5. The van der Waals surface area contributed by atoms with Crippen molar-refractivity contribution in [3.05, 3.63) is 65.5 Å². The summed E-state index contributed by atoms with van der Waals surface area (Å²) in [5.74, 6) is -1.82. The highest BCUT2D eigenvalue weighted by molar-refractivity contribution is 6.20. The van der Waals surface area contributed by atoms with Gasteiger partial charge >= 0.3 is 5.97 Å². The molecule has 2 aromatic rings. The first-order valence-corrected chi connectivity index (χ1v) is 8.73. The molecular formula is C20H16N2O4. The Hall–Kier alpha value is -3.02. The predicted molar refractivity (Wildman–Crippen MR) is 89.8 cm³/mol. The zero-order valence-corrected chi connectivity index (χ0v) is 13.9. The van der Waals surface area contributed by atoms with Crippen molar-refractivity contribution in [1.29, 1.82) is 0 Å². The van der Waals surface area contributed by atoms with E-state index in [9.17, 15) is 14.4 Å². The van der Waals surface area contributed by atoms with E-state index in [1.807, 2.05) is 18.2 Å². The van der Waals surface area contributed by atoms with Crippen molar-refractivity contribution in [2.75, 3.05) is 0 Å². The molecule has 2 bridgehead atoms. The fraction of sp³-hybridized carbons (Fsp3) is 0.300. The van der Waals surface area contributed by atoms with Crippen LogP contribution < -0.4 is 0 Å². The molecule has 0 spiro atoms. The Morgan fingerprint density at radius 3 is 2.38 bits per heavy atom. The van der Waals surface area contributed by atoms with E-state index in [0.29, 0.717) is 5.06 Å². The molecule has 6 nitrogen and oxygen atoms in total. The minimum Gasteiger partial charge on any atom is -0.329 e. The molecule has 0 saturated heterocycles. The Morgan fingerprint density at radius 2 is 1.77 bits per heavy atom. The lowest BCUT2D eigenvalue weighted by Gasteiger charge is -2.45. The fourth-order valence-corrected chi connectivity index (χ4v) is 4.84. The third-order valence-corrected chi connectivity index (χ3v) is 6.02. The van der Waals surface area contributed by atoms with Crippen LogP contribution in [0.5, 0.6) is 0 Å². The number of aromatic nitrogens is 1. The maximum Gasteiger partial charge on any atom is 0.337 e. The van der Waals surface area contributed by atoms with Gasteiger partial charge in [0.25, 0.3) is 11.8 Å². The van der Waals surface area contributed by atoms with Crippen molar-refractivity contribution in [3.63, 3.8) is 0 Å². The van der Waals surface area contributed by atoms with Gasteiger partial charge in [0.2, 0.25) is 0 Å². The number of fused-ring (bicyclic) bond motifs is 2. The van der Waals surface area contributed by atoms with Crippen LogP contribution in [0.3, 0.4) is 0 Å². The molecule has 3 unspecified atom stereocenters. The molecule has 0 N–H and O–H groups in total. The average Bonchev–Trinajstić information content (AvgIpc) is 3.32. The lowest BCUT2D eigenvalue weighted by atomic mass is 9.58. The fourth-order valence-electron chi connectivity index (χ4n) is 4.84. The van der Waals surface area contributed by atoms with Gasteiger partial charge in [0.15, 0.2) is 0 Å². The molecule has 3 aliphatic carbocycles. The van der Waals surface area contributed by atoms with Crippen LogP contribution in [0.2, 0.25) is 0 Å². The van der Waals surface area contributed by atoms with E-state index in [2.05, 4.69) is 4.98 Å². The van der Waals surface area contributed by atoms with Crippen molar-refractivity contribution in [1.82, 2.24) is 10.0 Å². The minimum absolute atomic E-state index is 0.222. The first-order valence-electron chi connectivity index (χ1n) is 8.73. The smallest absolute Gasteiger partial charge is 0.329 e. The lowest BCUT2D eigenvalue weighted by molar-refractivity contribution is -0.182. The van der Waals surface area contributed by atoms with Crippen LogP contribution in [0, 0.1) is 11.8 Å². The molecule has 1 aromatic carbocycles. The number of imide groups is 1. The van der Waals surface area contributed by atoms with Gasteiger partial charge < -0.3 is 4.84 Å². The van der Waals surface area contributed by atoms with Gasteiger partial charge in [0.05, 0.1) is 17.0 Å². The summed E-state index contributed by atoms with van der Waals surface area (Å²) in [5, 5.41) is 0.608. The Morgan fingerprint density at radius 1 is 1.08 bits per heavy atom. The molecule has 3 atom stereocenters. The molecule has 3 saturated carbocycles. The van der Waals surface area contributed by atoms with Gasteiger partial charge in [-0.05, 0) is 49.4 Å². The number of hydroxylamine groups is 2. The normalized spacial score (nSPS) is 28.7. The summed E-state index contributed by atoms with van der Waals surface area (Å²) in [6, 6.07) is 12.2. The molecule has 1 aliphatic heterocycles. The van der Waals surface area contributed by atoms with E-state index in [4.69, 9.17) is 4.84 Å². The van der Waals surface area contributed by atoms with Gasteiger partial charge in [0.1, 0.15) is 0 Å². The standard InChI is InChI=1S/C20H16N2O4/c23-17-13-5-1-2-6-14(13)18(24)22(17)26-19(25)16-12-8-9-20(16,11-12)15-7-3-4-10-21-15/h1-7,10,12,16H,8-9,11H2. The van der Waals surface area contributed by atoms with Gasteiger partial charge in [-0.1, -0.05) is 23.3 Å². The zero-order chi connectivity index (χ0) is 17.9. The lowest BCUT2D eigenvalue weighted by Crippen LogP contribution is -2.51. The Bertz CT molecular complexity index is 903. The summed E-state index contributed by atoms with van der Waals surface area (Å²) in [7, 11) is 0. The molecule has 2 amide bonds. The second kappa shape index (κ2) is 5.24. The van der Waals surface area contributed by atoms with E-state index in [0.717, 1.165) is 25.0 Å². The number of amides is 2. The average molecular weight is 348 g/mol. The van der Waals surface area contributed by atoms with E-state index >= 15 is 0 Å². The summed E-state index contributed by atoms with van der Waals surface area (Å²) >= 11 is 0. The summed E-state index contributed by atoms with van der Waals surface area (Å²) in [6.45, 7) is 0. The third kappa shape index (κ3) is 1.87. The molecule has 3 fully saturated rings. The van der Waals surface area contributed by atoms with Crippen LogP contribution in [-0.4, -0.2) is 27.8 Å². The van der Waals surface area contributed by atoms with Crippen LogP contribution >= 0.6 is 0 Å². The van der Waals surface area contributed by atoms with E-state index in [1.165, 1.54) is 0 Å². The maximum atomic E-state index is 12.9. The summed E-state index contributed by atoms with van der Waals surface area (Å²) in [5.41, 5.74) is 1.09. The monoisotopic (exact) mass is 348 g/mol. The Labute approximate surface area is 149 Å². The van der Waals surface area contributed by atoms with E-state index in [1.54, 1.807) is 30.5 Å². The van der Waals surface area contributed by atoms with E-state index in [-0.39, 0.29) is 28.4 Å². The minimum atomic E-state index is -0.586. The Kier molecular flexibility index (Phi) is 3.07. The van der Waals surface area contributed by atoms with Crippen LogP contribution in [0.1, 0.15) is 45.7 Å². The van der Waals surface area contributed by atoms with Crippen LogP contribution in [0.15, 0.2) is 48.7 Å². The number of benzene rings is 1. The number of rotatable bonds is 3. The SMILES string of the molecule is O=C(ON1C(=O)c2ccccc2C1=O)C1C2CCC1(c1ccccn1)C2. The van der Waals surface area contributed by atoms with Crippen molar-refractivity contribution >= 4 is 17.8 Å².